The van der Waals surface area contributed by atoms with Crippen molar-refractivity contribution in [3.63, 3.8) is 0 Å². The number of hydrogen-bond donors (Lipinski definition) is 0. The third kappa shape index (κ3) is 5.76. The number of imidazole rings is 1. The van der Waals surface area contributed by atoms with Crippen molar-refractivity contribution in [3.8, 4) is 22.6 Å². The van der Waals surface area contributed by atoms with Crippen LogP contribution in [0.2, 0.25) is 0 Å². The van der Waals surface area contributed by atoms with Gasteiger partial charge in [0.2, 0.25) is 0 Å². The van der Waals surface area contributed by atoms with E-state index in [0.717, 1.165) is 55.4 Å². The van der Waals surface area contributed by atoms with Crippen molar-refractivity contribution in [2.75, 3.05) is 9.80 Å². The number of anilines is 4. The molecule has 0 N–H and O–H groups in total. The summed E-state index contributed by atoms with van der Waals surface area (Å²) in [5, 5.41) is 3.13. The van der Waals surface area contributed by atoms with Gasteiger partial charge >= 0.3 is 0 Å². The maximum Gasteiger partial charge on any atom is 0.0774 e. The smallest absolute Gasteiger partial charge is 0.0774 e. The third-order valence-electron chi connectivity index (χ3n) is 10.9. The quantitative estimate of drug-likeness (QED) is 0.127. The van der Waals surface area contributed by atoms with Gasteiger partial charge in [-0.25, -0.2) is 0 Å². The minimum atomic E-state index is 0. The van der Waals surface area contributed by atoms with Gasteiger partial charge in [-0.3, -0.25) is 4.98 Å². The second-order valence-electron chi connectivity index (χ2n) is 15.0. The van der Waals surface area contributed by atoms with Gasteiger partial charge in [0, 0.05) is 55.1 Å². The molecule has 0 saturated heterocycles. The Hall–Kier alpha value is -5.90. The Kier molecular flexibility index (Phi) is 8.74. The number of rotatable bonds is 5. The Morgan fingerprint density at radius 3 is 1.96 bits per heavy atom. The zero-order valence-electron chi connectivity index (χ0n) is 32.1. The van der Waals surface area contributed by atoms with E-state index in [0.29, 0.717) is 11.5 Å². The van der Waals surface area contributed by atoms with Gasteiger partial charge in [0.05, 0.1) is 16.7 Å². The van der Waals surface area contributed by atoms with E-state index in [1.54, 1.807) is 0 Å². The van der Waals surface area contributed by atoms with Crippen molar-refractivity contribution in [3.05, 3.63) is 174 Å². The van der Waals surface area contributed by atoms with E-state index >= 15 is 0 Å². The average molecular weight is 907 g/mol. The number of hydrogen-bond acceptors (Lipinski definition) is 4. The number of nitrogens with zero attached hydrogens (tertiary/aromatic N) is 4. The Balaban J connectivity index is 0.00000410. The van der Waals surface area contributed by atoms with Gasteiger partial charge in [0.15, 0.2) is 0 Å². The van der Waals surface area contributed by atoms with Crippen LogP contribution in [0, 0.1) is 60.3 Å². The standard InChI is InChI=1S/C50H39N4O.Pt/c1-30-22-32(3)48(33(4)23-30)36-18-20-41-40-21-19-39(28-42(40)50-51-43-14-7-8-15-44(43)54(50)47(41)26-36)55-38-13-11-12-37(27-38)52-29-53(46-17-10-9-16-45(46)52)49-34(5)24-31(2)25-35(49)6;/h7-26,29H,1-6H3;/q-3;. The van der Waals surface area contributed by atoms with Crippen LogP contribution in [0.5, 0.6) is 11.5 Å². The Labute approximate surface area is 342 Å². The second-order valence-corrected chi connectivity index (χ2v) is 15.0. The van der Waals surface area contributed by atoms with E-state index in [-0.39, 0.29) is 21.1 Å². The predicted octanol–water partition coefficient (Wildman–Crippen LogP) is 13.1. The first-order valence-electron chi connectivity index (χ1n) is 18.8. The van der Waals surface area contributed by atoms with Crippen LogP contribution in [0.3, 0.4) is 0 Å². The topological polar surface area (TPSA) is 33.0 Å². The normalized spacial score (nSPS) is 12.5. The van der Waals surface area contributed by atoms with Crippen LogP contribution in [-0.4, -0.2) is 9.38 Å². The summed E-state index contributed by atoms with van der Waals surface area (Å²) in [6, 6.07) is 50.1. The first kappa shape index (κ1) is 35.8. The van der Waals surface area contributed by atoms with Crippen molar-refractivity contribution in [1.29, 1.82) is 0 Å². The molecule has 0 radical (unpaired) electrons. The number of aryl methyl sites for hydroxylation is 6. The maximum absolute atomic E-state index is 6.58. The predicted molar refractivity (Wildman–Crippen MR) is 227 cm³/mol. The largest absolute Gasteiger partial charge is 0.503 e. The molecule has 1 aliphatic rings. The fourth-order valence-corrected chi connectivity index (χ4v) is 8.90. The minimum absolute atomic E-state index is 0. The van der Waals surface area contributed by atoms with E-state index in [4.69, 9.17) is 9.72 Å². The molecule has 3 heterocycles. The molecule has 5 nitrogen and oxygen atoms in total. The Morgan fingerprint density at radius 1 is 0.571 bits per heavy atom. The molecule has 6 heteroatoms. The molecule has 0 atom stereocenters. The summed E-state index contributed by atoms with van der Waals surface area (Å²) in [6.45, 7) is 15.2. The van der Waals surface area contributed by atoms with E-state index in [2.05, 4.69) is 172 Å². The number of benzene rings is 7. The molecule has 0 saturated carbocycles. The molecule has 0 fully saturated rings. The van der Waals surface area contributed by atoms with Crippen molar-refractivity contribution in [1.82, 2.24) is 9.38 Å². The van der Waals surface area contributed by atoms with Gasteiger partial charge < -0.3 is 18.9 Å². The zero-order chi connectivity index (χ0) is 37.5. The molecule has 0 unspecified atom stereocenters. The number of pyridine rings is 1. The van der Waals surface area contributed by atoms with E-state index < -0.39 is 0 Å². The molecule has 0 aliphatic carbocycles. The second kappa shape index (κ2) is 13.7. The van der Waals surface area contributed by atoms with Gasteiger partial charge in [-0.15, -0.1) is 42.7 Å². The van der Waals surface area contributed by atoms with E-state index in [1.807, 2.05) is 24.3 Å². The average Bonchev–Trinajstić information content (AvgIpc) is 3.74. The van der Waals surface area contributed by atoms with Crippen molar-refractivity contribution in [2.24, 2.45) is 0 Å². The molecular formula is C50H39N4OPt-3. The SMILES string of the molecule is Cc1cc(C)c(-c2ccc3c4ccc(Oc5[c-]c(N6[CH-]N(c7c(C)cc(C)cc7C)c7ccccc76)ccc5)[c-]c4c4nc5ccccc5n4c3c2)c(C)c1.[Pt]. The molecule has 7 aromatic carbocycles. The molecule has 2 aromatic heterocycles. The van der Waals surface area contributed by atoms with Crippen LogP contribution in [-0.2, 0) is 21.1 Å². The third-order valence-corrected chi connectivity index (χ3v) is 10.9. The number of ether oxygens (including phenoxy) is 1. The molecule has 9 aromatic rings. The van der Waals surface area contributed by atoms with Crippen molar-refractivity contribution < 1.29 is 25.8 Å². The molecule has 278 valence electrons. The zero-order valence-corrected chi connectivity index (χ0v) is 34.4. The van der Waals surface area contributed by atoms with Crippen molar-refractivity contribution >= 4 is 61.1 Å². The summed E-state index contributed by atoms with van der Waals surface area (Å²) in [4.78, 5) is 9.65. The van der Waals surface area contributed by atoms with Crippen LogP contribution >= 0.6 is 0 Å². The molecule has 0 amide bonds. The van der Waals surface area contributed by atoms with Crippen LogP contribution in [0.25, 0.3) is 49.5 Å². The summed E-state index contributed by atoms with van der Waals surface area (Å²) in [6.07, 6.45) is 0. The summed E-state index contributed by atoms with van der Waals surface area (Å²) in [7, 11) is 0. The minimum Gasteiger partial charge on any atom is -0.503 e. The molecule has 1 aliphatic heterocycles. The Bertz CT molecular complexity index is 2990. The number of para-hydroxylation sites is 4. The summed E-state index contributed by atoms with van der Waals surface area (Å²) >= 11 is 0. The van der Waals surface area contributed by atoms with Crippen LogP contribution < -0.4 is 14.5 Å². The monoisotopic (exact) mass is 906 g/mol. The Morgan fingerprint density at radius 2 is 1.21 bits per heavy atom. The maximum atomic E-state index is 6.58. The first-order valence-corrected chi connectivity index (χ1v) is 18.8. The number of fused-ring (bicyclic) bond motifs is 9. The molecule has 56 heavy (non-hydrogen) atoms. The van der Waals surface area contributed by atoms with Gasteiger partial charge in [0.1, 0.15) is 0 Å². The van der Waals surface area contributed by atoms with Crippen LogP contribution in [0.4, 0.5) is 22.7 Å². The first-order chi connectivity index (χ1) is 26.7. The van der Waals surface area contributed by atoms with E-state index in [1.165, 1.54) is 50.2 Å². The van der Waals surface area contributed by atoms with Gasteiger partial charge in [0.25, 0.3) is 0 Å². The van der Waals surface area contributed by atoms with Gasteiger partial charge in [-0.05, 0) is 111 Å². The molecule has 0 bridgehead atoms. The van der Waals surface area contributed by atoms with Crippen molar-refractivity contribution in [2.45, 2.75) is 41.5 Å². The summed E-state index contributed by atoms with van der Waals surface area (Å²) in [5.41, 5.74) is 18.3. The van der Waals surface area contributed by atoms with Crippen LogP contribution in [0.1, 0.15) is 33.4 Å². The molecule has 0 spiro atoms. The number of aromatic nitrogens is 2. The van der Waals surface area contributed by atoms with Crippen LogP contribution in [0.15, 0.2) is 121 Å². The van der Waals surface area contributed by atoms with Gasteiger partial charge in [-0.1, -0.05) is 88.6 Å². The van der Waals surface area contributed by atoms with E-state index in [9.17, 15) is 0 Å². The summed E-state index contributed by atoms with van der Waals surface area (Å²) < 4.78 is 8.87. The van der Waals surface area contributed by atoms with Gasteiger partial charge in [-0.2, -0.15) is 6.07 Å². The summed E-state index contributed by atoms with van der Waals surface area (Å²) in [5.74, 6) is 1.22. The molecule has 10 rings (SSSR count). The fraction of sp³-hybridized carbons (Fsp3) is 0.120. The fourth-order valence-electron chi connectivity index (χ4n) is 8.90. The molecular weight excluding hydrogens is 868 g/mol.